The highest BCUT2D eigenvalue weighted by Crippen LogP contribution is 2.25. The Hall–Kier alpha value is -1.22. The van der Waals surface area contributed by atoms with E-state index in [0.29, 0.717) is 23.2 Å². The van der Waals surface area contributed by atoms with Crippen molar-refractivity contribution in [3.63, 3.8) is 0 Å². The van der Waals surface area contributed by atoms with Crippen LogP contribution in [-0.4, -0.2) is 18.1 Å². The standard InChI is InChI=1S/C16H22ClNO2/c1-2-14(20-15-11-7-6-10-13(15)17)16(19)18-12-8-4-3-5-9-12/h6-7,10-12,14H,2-5,8-9H2,1H3,(H,18,19)/t14-/m0/s1. The van der Waals surface area contributed by atoms with Gasteiger partial charge in [-0.3, -0.25) is 4.79 Å². The molecule has 0 heterocycles. The molecule has 1 aliphatic carbocycles. The van der Waals surface area contributed by atoms with Crippen LogP contribution in [-0.2, 0) is 4.79 Å². The molecule has 1 aromatic carbocycles. The van der Waals surface area contributed by atoms with Crippen molar-refractivity contribution < 1.29 is 9.53 Å². The van der Waals surface area contributed by atoms with E-state index in [2.05, 4.69) is 5.32 Å². The Balaban J connectivity index is 1.93. The van der Waals surface area contributed by atoms with Crippen LogP contribution in [0.4, 0.5) is 0 Å². The molecular weight excluding hydrogens is 274 g/mol. The van der Waals surface area contributed by atoms with Crippen molar-refractivity contribution in [3.8, 4) is 5.75 Å². The smallest absolute Gasteiger partial charge is 0.261 e. The van der Waals surface area contributed by atoms with E-state index in [0.717, 1.165) is 12.8 Å². The van der Waals surface area contributed by atoms with Crippen LogP contribution in [0.15, 0.2) is 24.3 Å². The first-order valence-corrected chi connectivity index (χ1v) is 7.80. The lowest BCUT2D eigenvalue weighted by Gasteiger charge is -2.25. The molecule has 1 amide bonds. The zero-order valence-electron chi connectivity index (χ0n) is 11.9. The van der Waals surface area contributed by atoms with Gasteiger partial charge in [0.05, 0.1) is 5.02 Å². The van der Waals surface area contributed by atoms with Crippen molar-refractivity contribution in [2.24, 2.45) is 0 Å². The first-order chi connectivity index (χ1) is 9.70. The zero-order valence-corrected chi connectivity index (χ0v) is 12.7. The van der Waals surface area contributed by atoms with Crippen LogP contribution in [0.1, 0.15) is 45.4 Å². The van der Waals surface area contributed by atoms with Crippen molar-refractivity contribution >= 4 is 17.5 Å². The van der Waals surface area contributed by atoms with Gasteiger partial charge in [0.2, 0.25) is 0 Å². The Morgan fingerprint density at radius 1 is 1.35 bits per heavy atom. The fraction of sp³-hybridized carbons (Fsp3) is 0.562. The van der Waals surface area contributed by atoms with Crippen molar-refractivity contribution in [1.82, 2.24) is 5.32 Å². The molecule has 1 atom stereocenters. The first kappa shape index (κ1) is 15.2. The molecule has 2 rings (SSSR count). The van der Waals surface area contributed by atoms with E-state index in [9.17, 15) is 4.79 Å². The minimum atomic E-state index is -0.475. The predicted molar refractivity (Wildman–Crippen MR) is 81.2 cm³/mol. The maximum atomic E-state index is 12.3. The van der Waals surface area contributed by atoms with Crippen molar-refractivity contribution in [1.29, 1.82) is 0 Å². The van der Waals surface area contributed by atoms with Gasteiger partial charge in [-0.2, -0.15) is 0 Å². The summed E-state index contributed by atoms with van der Waals surface area (Å²) in [5, 5.41) is 3.64. The van der Waals surface area contributed by atoms with Crippen LogP contribution in [0, 0.1) is 0 Å². The molecule has 110 valence electrons. The average Bonchev–Trinajstić information content (AvgIpc) is 2.47. The first-order valence-electron chi connectivity index (χ1n) is 7.42. The Labute approximate surface area is 125 Å². The highest BCUT2D eigenvalue weighted by atomic mass is 35.5. The van der Waals surface area contributed by atoms with Gasteiger partial charge in [-0.1, -0.05) is 49.9 Å². The van der Waals surface area contributed by atoms with Gasteiger partial charge in [0.1, 0.15) is 5.75 Å². The van der Waals surface area contributed by atoms with Crippen molar-refractivity contribution in [3.05, 3.63) is 29.3 Å². The molecule has 0 aromatic heterocycles. The molecule has 0 saturated heterocycles. The van der Waals surface area contributed by atoms with Gasteiger partial charge in [0, 0.05) is 6.04 Å². The van der Waals surface area contributed by atoms with Gasteiger partial charge in [0.25, 0.3) is 5.91 Å². The SMILES string of the molecule is CC[C@H](Oc1ccccc1Cl)C(=O)NC1CCCCC1. The monoisotopic (exact) mass is 295 g/mol. The molecule has 1 aliphatic rings. The normalized spacial score (nSPS) is 17.5. The van der Waals surface area contributed by atoms with Gasteiger partial charge in [0.15, 0.2) is 6.10 Å². The molecule has 1 aromatic rings. The third-order valence-electron chi connectivity index (χ3n) is 3.72. The van der Waals surface area contributed by atoms with E-state index >= 15 is 0 Å². The molecule has 20 heavy (non-hydrogen) atoms. The van der Waals surface area contributed by atoms with Crippen molar-refractivity contribution in [2.45, 2.75) is 57.6 Å². The van der Waals surface area contributed by atoms with Crippen LogP contribution in [0.25, 0.3) is 0 Å². The number of hydrogen-bond acceptors (Lipinski definition) is 2. The number of carbonyl (C=O) groups excluding carboxylic acids is 1. The maximum absolute atomic E-state index is 12.3. The van der Waals surface area contributed by atoms with Gasteiger partial charge in [-0.15, -0.1) is 0 Å². The van der Waals surface area contributed by atoms with E-state index in [-0.39, 0.29) is 5.91 Å². The number of para-hydroxylation sites is 1. The van der Waals surface area contributed by atoms with Crippen LogP contribution < -0.4 is 10.1 Å². The molecule has 0 aliphatic heterocycles. The van der Waals surface area contributed by atoms with E-state index in [1.54, 1.807) is 12.1 Å². The fourth-order valence-corrected chi connectivity index (χ4v) is 2.74. The molecule has 0 unspecified atom stereocenters. The fourth-order valence-electron chi connectivity index (χ4n) is 2.56. The van der Waals surface area contributed by atoms with Gasteiger partial charge in [-0.05, 0) is 31.4 Å². The van der Waals surface area contributed by atoms with Crippen LogP contribution in [0.5, 0.6) is 5.75 Å². The molecule has 0 spiro atoms. The molecular formula is C16H22ClNO2. The Morgan fingerprint density at radius 3 is 2.70 bits per heavy atom. The number of ether oxygens (including phenoxy) is 1. The van der Waals surface area contributed by atoms with Crippen LogP contribution in [0.2, 0.25) is 5.02 Å². The summed E-state index contributed by atoms with van der Waals surface area (Å²) in [4.78, 5) is 12.3. The molecule has 3 nitrogen and oxygen atoms in total. The molecule has 1 saturated carbocycles. The topological polar surface area (TPSA) is 38.3 Å². The second-order valence-electron chi connectivity index (χ2n) is 5.29. The van der Waals surface area contributed by atoms with E-state index in [4.69, 9.17) is 16.3 Å². The summed E-state index contributed by atoms with van der Waals surface area (Å²) in [5.41, 5.74) is 0. The van der Waals surface area contributed by atoms with Crippen LogP contribution in [0.3, 0.4) is 0 Å². The summed E-state index contributed by atoms with van der Waals surface area (Å²) in [6, 6.07) is 7.56. The zero-order chi connectivity index (χ0) is 14.4. The van der Waals surface area contributed by atoms with Gasteiger partial charge < -0.3 is 10.1 Å². The summed E-state index contributed by atoms with van der Waals surface area (Å²) in [6.45, 7) is 1.95. The quantitative estimate of drug-likeness (QED) is 0.893. The Bertz CT molecular complexity index is 444. The number of halogens is 1. The average molecular weight is 296 g/mol. The maximum Gasteiger partial charge on any atom is 0.261 e. The minimum absolute atomic E-state index is 0.0284. The summed E-state index contributed by atoms with van der Waals surface area (Å²) >= 11 is 6.07. The largest absolute Gasteiger partial charge is 0.479 e. The van der Waals surface area contributed by atoms with E-state index in [1.807, 2.05) is 19.1 Å². The molecule has 0 radical (unpaired) electrons. The molecule has 0 bridgehead atoms. The minimum Gasteiger partial charge on any atom is -0.479 e. The second-order valence-corrected chi connectivity index (χ2v) is 5.70. The summed E-state index contributed by atoms with van der Waals surface area (Å²) in [6.07, 6.45) is 5.99. The Kier molecular flexibility index (Phi) is 5.72. The number of hydrogen-bond donors (Lipinski definition) is 1. The molecule has 4 heteroatoms. The van der Waals surface area contributed by atoms with Crippen molar-refractivity contribution in [2.75, 3.05) is 0 Å². The molecule has 1 fully saturated rings. The summed E-state index contributed by atoms with van der Waals surface area (Å²) in [7, 11) is 0. The molecule has 1 N–H and O–H groups in total. The lowest BCUT2D eigenvalue weighted by atomic mass is 9.95. The number of benzene rings is 1. The van der Waals surface area contributed by atoms with Gasteiger partial charge in [-0.25, -0.2) is 0 Å². The van der Waals surface area contributed by atoms with Crippen LogP contribution >= 0.6 is 11.6 Å². The number of nitrogens with one attached hydrogen (secondary N) is 1. The number of carbonyl (C=O) groups is 1. The summed E-state index contributed by atoms with van der Waals surface area (Å²) < 4.78 is 5.75. The Morgan fingerprint density at radius 2 is 2.05 bits per heavy atom. The number of amides is 1. The number of rotatable bonds is 5. The van der Waals surface area contributed by atoms with E-state index in [1.165, 1.54) is 19.3 Å². The summed E-state index contributed by atoms with van der Waals surface area (Å²) in [5.74, 6) is 0.541. The highest BCUT2D eigenvalue weighted by Gasteiger charge is 2.23. The van der Waals surface area contributed by atoms with Gasteiger partial charge >= 0.3 is 0 Å². The lowest BCUT2D eigenvalue weighted by Crippen LogP contribution is -2.44. The third kappa shape index (κ3) is 4.14. The van der Waals surface area contributed by atoms with E-state index < -0.39 is 6.10 Å². The predicted octanol–water partition coefficient (Wildman–Crippen LogP) is 3.95. The lowest BCUT2D eigenvalue weighted by molar-refractivity contribution is -0.129. The third-order valence-corrected chi connectivity index (χ3v) is 4.03. The highest BCUT2D eigenvalue weighted by molar-refractivity contribution is 6.32. The second kappa shape index (κ2) is 7.53.